The van der Waals surface area contributed by atoms with E-state index in [0.29, 0.717) is 22.8 Å². The van der Waals surface area contributed by atoms with Gasteiger partial charge in [-0.2, -0.15) is 0 Å². The van der Waals surface area contributed by atoms with Crippen molar-refractivity contribution >= 4 is 11.5 Å². The van der Waals surface area contributed by atoms with Crippen LogP contribution in [0.25, 0.3) is 5.52 Å². The first-order chi connectivity index (χ1) is 10.7. The number of hydrogen-bond donors (Lipinski definition) is 1. The lowest BCUT2D eigenvalue weighted by atomic mass is 10.3. The summed E-state index contributed by atoms with van der Waals surface area (Å²) in [5, 5.41) is 9.26. The molecule has 0 fully saturated rings. The van der Waals surface area contributed by atoms with Crippen molar-refractivity contribution in [1.82, 2.24) is 9.38 Å². The molecule has 0 amide bonds. The number of methoxy groups -OCH3 is 1. The molecule has 22 heavy (non-hydrogen) atoms. The number of carboxylic acid groups (broad SMARTS) is 1. The summed E-state index contributed by atoms with van der Waals surface area (Å²) >= 11 is 0. The highest BCUT2D eigenvalue weighted by Gasteiger charge is 2.17. The summed E-state index contributed by atoms with van der Waals surface area (Å²) < 4.78 is 12.5. The summed E-state index contributed by atoms with van der Waals surface area (Å²) in [7, 11) is 1.55. The van der Waals surface area contributed by atoms with Crippen LogP contribution >= 0.6 is 0 Å². The normalized spacial score (nSPS) is 10.6. The molecule has 0 aliphatic carbocycles. The van der Waals surface area contributed by atoms with E-state index in [1.807, 2.05) is 30.3 Å². The van der Waals surface area contributed by atoms with Gasteiger partial charge in [-0.3, -0.25) is 4.40 Å². The van der Waals surface area contributed by atoms with Gasteiger partial charge in [0.2, 0.25) is 0 Å². The van der Waals surface area contributed by atoms with Crippen LogP contribution in [0.2, 0.25) is 0 Å². The van der Waals surface area contributed by atoms with Crippen molar-refractivity contribution in [3.05, 3.63) is 60.2 Å². The Morgan fingerprint density at radius 3 is 2.64 bits per heavy atom. The number of para-hydroxylation sites is 1. The lowest BCUT2D eigenvalue weighted by Crippen LogP contribution is -2.02. The van der Waals surface area contributed by atoms with E-state index in [1.165, 1.54) is 0 Å². The predicted octanol–water partition coefficient (Wildman–Crippen LogP) is 2.62. The van der Waals surface area contributed by atoms with Crippen molar-refractivity contribution < 1.29 is 19.4 Å². The van der Waals surface area contributed by atoms with Gasteiger partial charge in [-0.05, 0) is 24.3 Å². The molecule has 0 aliphatic heterocycles. The molecule has 2 heterocycles. The van der Waals surface area contributed by atoms with Crippen LogP contribution in [0, 0.1) is 0 Å². The molecule has 0 unspecified atom stereocenters. The molecule has 0 aliphatic rings. The van der Waals surface area contributed by atoms with Gasteiger partial charge in [0.15, 0.2) is 11.5 Å². The standard InChI is InChI=1S/C16H14N2O4/c1-21-12-7-8-13-15(16(19)20)17-14(18(13)9-12)10-22-11-5-3-2-4-6-11/h2-9H,10H2,1H3,(H,19,20). The number of benzene rings is 1. The Balaban J connectivity index is 1.98. The summed E-state index contributed by atoms with van der Waals surface area (Å²) in [6, 6.07) is 12.6. The molecule has 0 radical (unpaired) electrons. The first-order valence-corrected chi connectivity index (χ1v) is 6.65. The Morgan fingerprint density at radius 1 is 1.18 bits per heavy atom. The zero-order valence-corrected chi connectivity index (χ0v) is 11.9. The van der Waals surface area contributed by atoms with Gasteiger partial charge in [0.05, 0.1) is 18.8 Å². The number of ether oxygens (including phenoxy) is 2. The topological polar surface area (TPSA) is 73.1 Å². The fourth-order valence-corrected chi connectivity index (χ4v) is 2.17. The number of fused-ring (bicyclic) bond motifs is 1. The van der Waals surface area contributed by atoms with Crippen molar-refractivity contribution in [2.75, 3.05) is 7.11 Å². The molecule has 0 spiro atoms. The number of nitrogens with zero attached hydrogens (tertiary/aromatic N) is 2. The molecule has 112 valence electrons. The Morgan fingerprint density at radius 2 is 1.95 bits per heavy atom. The predicted molar refractivity (Wildman–Crippen MR) is 79.5 cm³/mol. The molecule has 2 aromatic heterocycles. The third-order valence-corrected chi connectivity index (χ3v) is 3.23. The van der Waals surface area contributed by atoms with E-state index in [4.69, 9.17) is 9.47 Å². The lowest BCUT2D eigenvalue weighted by Gasteiger charge is -2.06. The fourth-order valence-electron chi connectivity index (χ4n) is 2.17. The zero-order chi connectivity index (χ0) is 15.5. The van der Waals surface area contributed by atoms with Gasteiger partial charge in [0.1, 0.15) is 18.1 Å². The van der Waals surface area contributed by atoms with Crippen molar-refractivity contribution in [1.29, 1.82) is 0 Å². The quantitative estimate of drug-likeness (QED) is 0.784. The number of carbonyl (C=O) groups is 1. The maximum absolute atomic E-state index is 11.3. The Labute approximate surface area is 126 Å². The second-order valence-corrected chi connectivity index (χ2v) is 4.61. The molecule has 3 aromatic rings. The summed E-state index contributed by atoms with van der Waals surface area (Å²) in [6.45, 7) is 0.158. The van der Waals surface area contributed by atoms with Gasteiger partial charge in [-0.25, -0.2) is 9.78 Å². The SMILES string of the molecule is COc1ccc2c(C(=O)O)nc(COc3ccccc3)n2c1. The minimum atomic E-state index is -1.08. The largest absolute Gasteiger partial charge is 0.495 e. The number of aromatic nitrogens is 2. The van der Waals surface area contributed by atoms with E-state index < -0.39 is 5.97 Å². The van der Waals surface area contributed by atoms with Crippen LogP contribution in [0.5, 0.6) is 11.5 Å². The molecule has 1 N–H and O–H groups in total. The highest BCUT2D eigenvalue weighted by atomic mass is 16.5. The van der Waals surface area contributed by atoms with Crippen LogP contribution in [0.3, 0.4) is 0 Å². The number of carboxylic acids is 1. The third-order valence-electron chi connectivity index (χ3n) is 3.23. The molecule has 0 bridgehead atoms. The second kappa shape index (κ2) is 5.77. The number of hydrogen-bond acceptors (Lipinski definition) is 4. The Bertz CT molecular complexity index is 812. The number of aromatic carboxylic acids is 1. The molecule has 1 aromatic carbocycles. The molecular weight excluding hydrogens is 284 g/mol. The monoisotopic (exact) mass is 298 g/mol. The maximum Gasteiger partial charge on any atom is 0.356 e. The summed E-state index contributed by atoms with van der Waals surface area (Å²) in [5.41, 5.74) is 0.495. The van der Waals surface area contributed by atoms with Crippen LogP contribution in [-0.2, 0) is 6.61 Å². The first kappa shape index (κ1) is 13.9. The molecule has 0 saturated heterocycles. The minimum Gasteiger partial charge on any atom is -0.495 e. The summed E-state index contributed by atoms with van der Waals surface area (Å²) in [5.74, 6) is 0.727. The van der Waals surface area contributed by atoms with Gasteiger partial charge in [0, 0.05) is 0 Å². The van der Waals surface area contributed by atoms with Crippen LogP contribution in [0.1, 0.15) is 16.3 Å². The fraction of sp³-hybridized carbons (Fsp3) is 0.125. The van der Waals surface area contributed by atoms with Crippen molar-refractivity contribution in [2.24, 2.45) is 0 Å². The average molecular weight is 298 g/mol. The van der Waals surface area contributed by atoms with Crippen LogP contribution in [0.15, 0.2) is 48.7 Å². The zero-order valence-electron chi connectivity index (χ0n) is 11.9. The van der Waals surface area contributed by atoms with E-state index in [-0.39, 0.29) is 12.3 Å². The van der Waals surface area contributed by atoms with E-state index in [1.54, 1.807) is 29.8 Å². The third kappa shape index (κ3) is 2.58. The highest BCUT2D eigenvalue weighted by Crippen LogP contribution is 2.20. The van der Waals surface area contributed by atoms with Crippen molar-refractivity contribution in [3.8, 4) is 11.5 Å². The molecular formula is C16H14N2O4. The Hall–Kier alpha value is -3.02. The first-order valence-electron chi connectivity index (χ1n) is 6.65. The van der Waals surface area contributed by atoms with Gasteiger partial charge < -0.3 is 14.6 Å². The van der Waals surface area contributed by atoms with Gasteiger partial charge in [-0.1, -0.05) is 18.2 Å². The van der Waals surface area contributed by atoms with Gasteiger partial charge in [0.25, 0.3) is 0 Å². The van der Waals surface area contributed by atoms with E-state index in [2.05, 4.69) is 4.98 Å². The van der Waals surface area contributed by atoms with Gasteiger partial charge in [-0.15, -0.1) is 0 Å². The number of pyridine rings is 1. The molecule has 0 saturated carbocycles. The maximum atomic E-state index is 11.3. The molecule has 0 atom stereocenters. The number of rotatable bonds is 5. The summed E-state index contributed by atoms with van der Waals surface area (Å²) in [4.78, 5) is 15.5. The van der Waals surface area contributed by atoms with E-state index >= 15 is 0 Å². The highest BCUT2D eigenvalue weighted by molar-refractivity contribution is 5.93. The van der Waals surface area contributed by atoms with Crippen LogP contribution < -0.4 is 9.47 Å². The smallest absolute Gasteiger partial charge is 0.356 e. The van der Waals surface area contributed by atoms with Crippen molar-refractivity contribution in [2.45, 2.75) is 6.61 Å². The van der Waals surface area contributed by atoms with E-state index in [0.717, 1.165) is 0 Å². The molecule has 6 nitrogen and oxygen atoms in total. The Kier molecular flexibility index (Phi) is 3.65. The van der Waals surface area contributed by atoms with E-state index in [9.17, 15) is 9.90 Å². The van der Waals surface area contributed by atoms with Crippen LogP contribution in [-0.4, -0.2) is 27.6 Å². The summed E-state index contributed by atoms with van der Waals surface area (Å²) in [6.07, 6.45) is 1.69. The molecule has 3 rings (SSSR count). The minimum absolute atomic E-state index is 0.00526. The second-order valence-electron chi connectivity index (χ2n) is 4.61. The molecule has 6 heteroatoms. The van der Waals surface area contributed by atoms with Crippen molar-refractivity contribution in [3.63, 3.8) is 0 Å². The van der Waals surface area contributed by atoms with Crippen LogP contribution in [0.4, 0.5) is 0 Å². The number of imidazole rings is 1. The van der Waals surface area contributed by atoms with Gasteiger partial charge >= 0.3 is 5.97 Å². The average Bonchev–Trinajstić information content (AvgIpc) is 2.92. The lowest BCUT2D eigenvalue weighted by molar-refractivity contribution is 0.0693.